The minimum absolute atomic E-state index is 0.866. The van der Waals surface area contributed by atoms with Crippen LogP contribution in [0.2, 0.25) is 4.78 Å². The van der Waals surface area contributed by atoms with E-state index in [1.165, 1.54) is 19.3 Å². The lowest BCUT2D eigenvalue weighted by atomic mass is 10.2. The van der Waals surface area contributed by atoms with Crippen LogP contribution in [-0.2, 0) is 0 Å². The molecule has 7 heavy (non-hydrogen) atoms. The Bertz CT molecular complexity index is 35.2. The summed E-state index contributed by atoms with van der Waals surface area (Å²) in [4.78, 5) is 0. The Balaban J connectivity index is 2.83. The van der Waals surface area contributed by atoms with Crippen LogP contribution >= 0.6 is 0 Å². The predicted molar refractivity (Wildman–Crippen MR) is 34.7 cm³/mol. The summed E-state index contributed by atoms with van der Waals surface area (Å²) >= 11 is 2.85. The van der Waals surface area contributed by atoms with E-state index in [9.17, 15) is 0 Å². The third-order valence-corrected chi connectivity index (χ3v) is 1.99. The highest BCUT2D eigenvalue weighted by Crippen LogP contribution is 2.10. The molecule has 0 N–H and O–H groups in total. The normalized spacial score (nSPS) is 14.0. The highest BCUT2D eigenvalue weighted by atomic mass is 27.0. The van der Waals surface area contributed by atoms with Gasteiger partial charge in [-0.1, -0.05) is 33.1 Å². The molecular formula is C6H13Al. The van der Waals surface area contributed by atoms with E-state index in [0.29, 0.717) is 0 Å². The zero-order valence-corrected chi connectivity index (χ0v) is 6.43. The van der Waals surface area contributed by atoms with Crippen molar-refractivity contribution in [2.75, 3.05) is 0 Å². The molecule has 0 fully saturated rings. The lowest BCUT2D eigenvalue weighted by molar-refractivity contribution is 0.700. The van der Waals surface area contributed by atoms with Crippen molar-refractivity contribution in [3.8, 4) is 0 Å². The topological polar surface area (TPSA) is 0 Å². The van der Waals surface area contributed by atoms with Crippen LogP contribution < -0.4 is 0 Å². The Kier molecular flexibility index (Phi) is 5.04. The lowest BCUT2D eigenvalue weighted by Gasteiger charge is -2.03. The van der Waals surface area contributed by atoms with Crippen LogP contribution in [0.15, 0.2) is 0 Å². The van der Waals surface area contributed by atoms with Crippen molar-refractivity contribution in [2.45, 2.75) is 37.9 Å². The van der Waals surface area contributed by atoms with Crippen molar-refractivity contribution in [2.24, 2.45) is 0 Å². The van der Waals surface area contributed by atoms with Gasteiger partial charge in [-0.15, -0.1) is 4.78 Å². The SMILES string of the molecule is CCC[CH]([Al])CC. The van der Waals surface area contributed by atoms with Crippen LogP contribution in [0.3, 0.4) is 0 Å². The van der Waals surface area contributed by atoms with Gasteiger partial charge in [0.2, 0.25) is 0 Å². The summed E-state index contributed by atoms with van der Waals surface area (Å²) in [7, 11) is 0. The molecule has 0 saturated carbocycles. The van der Waals surface area contributed by atoms with Crippen LogP contribution in [0.1, 0.15) is 33.1 Å². The molecular weight excluding hydrogens is 99.0 g/mol. The molecule has 40 valence electrons. The average Bonchev–Trinajstić information content (AvgIpc) is 1.68. The quantitative estimate of drug-likeness (QED) is 0.491. The van der Waals surface area contributed by atoms with Crippen molar-refractivity contribution in [3.05, 3.63) is 0 Å². The molecule has 0 heterocycles. The van der Waals surface area contributed by atoms with Gasteiger partial charge in [-0.3, -0.25) is 0 Å². The Hall–Kier alpha value is 0.532. The minimum atomic E-state index is 0.866. The van der Waals surface area contributed by atoms with Gasteiger partial charge in [0.05, 0.1) is 0 Å². The van der Waals surface area contributed by atoms with Crippen LogP contribution in [-0.4, -0.2) is 16.3 Å². The molecule has 2 radical (unpaired) electrons. The van der Waals surface area contributed by atoms with E-state index in [2.05, 4.69) is 30.1 Å². The first-order chi connectivity index (χ1) is 3.31. The zero-order valence-electron chi connectivity index (χ0n) is 5.28. The van der Waals surface area contributed by atoms with Crippen molar-refractivity contribution in [1.82, 2.24) is 0 Å². The second kappa shape index (κ2) is 4.69. The zero-order chi connectivity index (χ0) is 5.70. The summed E-state index contributed by atoms with van der Waals surface area (Å²) in [5.41, 5.74) is 0. The minimum Gasteiger partial charge on any atom is -0.107 e. The van der Waals surface area contributed by atoms with Gasteiger partial charge in [-0.25, -0.2) is 0 Å². The fourth-order valence-corrected chi connectivity index (χ4v) is 0.908. The lowest BCUT2D eigenvalue weighted by Crippen LogP contribution is -1.86. The standard InChI is InChI=1S/C6H13.Al/c1-3-5-6-4-2;/h5H,3-4,6H2,1-2H3;. The van der Waals surface area contributed by atoms with Gasteiger partial charge in [0.25, 0.3) is 0 Å². The maximum atomic E-state index is 2.85. The summed E-state index contributed by atoms with van der Waals surface area (Å²) in [5, 5.41) is 0. The Morgan fingerprint density at radius 3 is 2.14 bits per heavy atom. The third kappa shape index (κ3) is 4.38. The molecule has 0 saturated heterocycles. The maximum absolute atomic E-state index is 2.85. The predicted octanol–water partition coefficient (Wildman–Crippen LogP) is 2.15. The first kappa shape index (κ1) is 7.53. The van der Waals surface area contributed by atoms with E-state index < -0.39 is 0 Å². The molecule has 0 aliphatic heterocycles. The smallest absolute Gasteiger partial charge is 0.107 e. The van der Waals surface area contributed by atoms with E-state index in [-0.39, 0.29) is 0 Å². The van der Waals surface area contributed by atoms with Crippen LogP contribution in [0.25, 0.3) is 0 Å². The van der Waals surface area contributed by atoms with Gasteiger partial charge in [-0.2, -0.15) is 0 Å². The Labute approximate surface area is 54.7 Å². The molecule has 1 heteroatoms. The van der Waals surface area contributed by atoms with Gasteiger partial charge in [-0.05, 0) is 0 Å². The van der Waals surface area contributed by atoms with Gasteiger partial charge in [0.15, 0.2) is 0 Å². The number of hydrogen-bond acceptors (Lipinski definition) is 0. The Morgan fingerprint density at radius 2 is 2.00 bits per heavy atom. The van der Waals surface area contributed by atoms with Crippen molar-refractivity contribution in [3.63, 3.8) is 0 Å². The molecule has 0 aromatic rings. The van der Waals surface area contributed by atoms with Crippen LogP contribution in [0.4, 0.5) is 0 Å². The van der Waals surface area contributed by atoms with Gasteiger partial charge < -0.3 is 0 Å². The van der Waals surface area contributed by atoms with Crippen molar-refractivity contribution in [1.29, 1.82) is 0 Å². The molecule has 0 amide bonds. The molecule has 0 rings (SSSR count). The number of rotatable bonds is 3. The van der Waals surface area contributed by atoms with E-state index >= 15 is 0 Å². The summed E-state index contributed by atoms with van der Waals surface area (Å²) in [6, 6.07) is 0. The fourth-order valence-electron chi connectivity index (χ4n) is 0.575. The number of hydrogen-bond donors (Lipinski definition) is 0. The van der Waals surface area contributed by atoms with Crippen molar-refractivity contribution < 1.29 is 0 Å². The molecule has 0 bridgehead atoms. The second-order valence-corrected chi connectivity index (χ2v) is 2.90. The monoisotopic (exact) mass is 112 g/mol. The highest BCUT2D eigenvalue weighted by Gasteiger charge is 1.91. The Morgan fingerprint density at radius 1 is 1.43 bits per heavy atom. The molecule has 0 aliphatic rings. The van der Waals surface area contributed by atoms with Gasteiger partial charge >= 0.3 is 0 Å². The summed E-state index contributed by atoms with van der Waals surface area (Å²) < 4.78 is 0.866. The summed E-state index contributed by atoms with van der Waals surface area (Å²) in [6.45, 7) is 4.46. The third-order valence-electron chi connectivity index (χ3n) is 1.18. The van der Waals surface area contributed by atoms with Gasteiger partial charge in [0.1, 0.15) is 16.3 Å². The van der Waals surface area contributed by atoms with E-state index in [1.807, 2.05) is 0 Å². The van der Waals surface area contributed by atoms with Crippen LogP contribution in [0, 0.1) is 0 Å². The maximum Gasteiger partial charge on any atom is 0.123 e. The fraction of sp³-hybridized carbons (Fsp3) is 1.00. The average molecular weight is 112 g/mol. The molecule has 0 nitrogen and oxygen atoms in total. The van der Waals surface area contributed by atoms with Crippen LogP contribution in [0.5, 0.6) is 0 Å². The largest absolute Gasteiger partial charge is 0.123 e. The first-order valence-electron chi connectivity index (χ1n) is 3.06. The van der Waals surface area contributed by atoms with E-state index in [0.717, 1.165) is 4.78 Å². The second-order valence-electron chi connectivity index (χ2n) is 1.96. The summed E-state index contributed by atoms with van der Waals surface area (Å²) in [5.74, 6) is 0. The molecule has 0 spiro atoms. The molecule has 1 atom stereocenters. The van der Waals surface area contributed by atoms with E-state index in [4.69, 9.17) is 0 Å². The molecule has 0 aliphatic carbocycles. The molecule has 0 aromatic carbocycles. The summed E-state index contributed by atoms with van der Waals surface area (Å²) in [6.07, 6.45) is 3.99. The highest BCUT2D eigenvalue weighted by molar-refractivity contribution is 6.11. The van der Waals surface area contributed by atoms with E-state index in [1.54, 1.807) is 0 Å². The van der Waals surface area contributed by atoms with Crippen molar-refractivity contribution >= 4 is 16.3 Å². The van der Waals surface area contributed by atoms with Gasteiger partial charge in [0, 0.05) is 0 Å². The molecule has 0 aromatic heterocycles. The first-order valence-corrected chi connectivity index (χ1v) is 3.73. The molecule has 1 unspecified atom stereocenters.